The molecule has 19 heavy (non-hydrogen) atoms. The van der Waals surface area contributed by atoms with Gasteiger partial charge < -0.3 is 4.57 Å². The molecule has 3 heteroatoms. The average Bonchev–Trinajstić information content (AvgIpc) is 2.79. The van der Waals surface area contributed by atoms with Crippen LogP contribution in [-0.4, -0.2) is 9.55 Å². The lowest BCUT2D eigenvalue weighted by atomic mass is 9.90. The van der Waals surface area contributed by atoms with E-state index in [1.807, 2.05) is 24.7 Å². The fraction of sp³-hybridized carbons (Fsp3) is 0.375. The van der Waals surface area contributed by atoms with Gasteiger partial charge in [0.1, 0.15) is 11.7 Å². The average molecular weight is 253 g/mol. The molecule has 0 N–H and O–H groups in total. The van der Waals surface area contributed by atoms with Crippen LogP contribution in [0.15, 0.2) is 30.6 Å². The maximum atomic E-state index is 9.53. The Labute approximate surface area is 114 Å². The number of rotatable bonds is 3. The number of benzene rings is 1. The molecule has 0 spiro atoms. The molecule has 0 radical (unpaired) electrons. The lowest BCUT2D eigenvalue weighted by Crippen LogP contribution is -2.08. The van der Waals surface area contributed by atoms with Gasteiger partial charge in [0.25, 0.3) is 0 Å². The van der Waals surface area contributed by atoms with Crippen molar-refractivity contribution in [3.8, 4) is 6.07 Å². The van der Waals surface area contributed by atoms with Crippen molar-refractivity contribution in [3.63, 3.8) is 0 Å². The Morgan fingerprint density at radius 2 is 2.05 bits per heavy atom. The Morgan fingerprint density at radius 3 is 2.58 bits per heavy atom. The van der Waals surface area contributed by atoms with Crippen molar-refractivity contribution in [1.29, 1.82) is 5.26 Å². The Hall–Kier alpha value is -2.08. The maximum Gasteiger partial charge on any atom is 0.130 e. The van der Waals surface area contributed by atoms with Gasteiger partial charge in [0, 0.05) is 19.4 Å². The van der Waals surface area contributed by atoms with Gasteiger partial charge in [0.15, 0.2) is 0 Å². The number of nitriles is 1. The Kier molecular flexibility index (Phi) is 3.71. The van der Waals surface area contributed by atoms with Gasteiger partial charge >= 0.3 is 0 Å². The topological polar surface area (TPSA) is 41.6 Å². The number of hydrogen-bond donors (Lipinski definition) is 0. The summed E-state index contributed by atoms with van der Waals surface area (Å²) in [6.07, 6.45) is 3.61. The highest BCUT2D eigenvalue weighted by Gasteiger charge is 2.20. The molecule has 1 atom stereocenters. The number of aryl methyl sites for hydroxylation is 2. The van der Waals surface area contributed by atoms with E-state index in [-0.39, 0.29) is 5.92 Å². The zero-order valence-electron chi connectivity index (χ0n) is 11.9. The van der Waals surface area contributed by atoms with Crippen LogP contribution < -0.4 is 0 Å². The zero-order chi connectivity index (χ0) is 14.0. The minimum atomic E-state index is -0.307. The van der Waals surface area contributed by atoms with Crippen LogP contribution in [0, 0.1) is 18.3 Å². The van der Waals surface area contributed by atoms with Crippen LogP contribution in [0.4, 0.5) is 0 Å². The monoisotopic (exact) mass is 253 g/mol. The molecule has 2 aromatic rings. The molecular weight excluding hydrogens is 234 g/mol. The molecule has 0 aliphatic heterocycles. The largest absolute Gasteiger partial charge is 0.337 e. The summed E-state index contributed by atoms with van der Waals surface area (Å²) in [7, 11) is 1.92. The molecule has 0 saturated heterocycles. The standard InChI is InChI=1S/C16H19N3/c1-11(2)13-6-5-12(3)14(9-13)15(10-17)16-18-7-8-19(16)4/h5-9,11,15H,1-4H3. The smallest absolute Gasteiger partial charge is 0.130 e. The second-order valence-corrected chi connectivity index (χ2v) is 5.23. The molecule has 98 valence electrons. The van der Waals surface area contributed by atoms with Gasteiger partial charge in [-0.25, -0.2) is 4.98 Å². The molecule has 0 aliphatic rings. The van der Waals surface area contributed by atoms with Crippen LogP contribution in [-0.2, 0) is 7.05 Å². The quantitative estimate of drug-likeness (QED) is 0.840. The molecule has 1 aromatic heterocycles. The normalized spacial score (nSPS) is 12.4. The van der Waals surface area contributed by atoms with Crippen LogP contribution >= 0.6 is 0 Å². The molecule has 3 nitrogen and oxygen atoms in total. The van der Waals surface area contributed by atoms with Crippen molar-refractivity contribution < 1.29 is 0 Å². The van der Waals surface area contributed by atoms with Gasteiger partial charge in [-0.2, -0.15) is 5.26 Å². The second kappa shape index (κ2) is 5.27. The molecule has 0 aliphatic carbocycles. The van der Waals surface area contributed by atoms with E-state index in [4.69, 9.17) is 0 Å². The van der Waals surface area contributed by atoms with Gasteiger partial charge in [-0.05, 0) is 29.5 Å². The first-order valence-electron chi connectivity index (χ1n) is 6.52. The van der Waals surface area contributed by atoms with Gasteiger partial charge in [-0.3, -0.25) is 0 Å². The molecule has 1 unspecified atom stereocenters. The van der Waals surface area contributed by atoms with Gasteiger partial charge in [-0.1, -0.05) is 32.0 Å². The molecule has 2 rings (SSSR count). The minimum absolute atomic E-state index is 0.307. The number of hydrogen-bond acceptors (Lipinski definition) is 2. The summed E-state index contributed by atoms with van der Waals surface area (Å²) < 4.78 is 1.91. The van der Waals surface area contributed by atoms with Crippen LogP contribution in [0.3, 0.4) is 0 Å². The fourth-order valence-corrected chi connectivity index (χ4v) is 2.25. The Morgan fingerprint density at radius 1 is 1.32 bits per heavy atom. The minimum Gasteiger partial charge on any atom is -0.337 e. The third-order valence-electron chi connectivity index (χ3n) is 3.53. The van der Waals surface area contributed by atoms with E-state index in [0.717, 1.165) is 17.0 Å². The van der Waals surface area contributed by atoms with Crippen molar-refractivity contribution >= 4 is 0 Å². The van der Waals surface area contributed by atoms with E-state index in [1.165, 1.54) is 5.56 Å². The molecule has 0 saturated carbocycles. The summed E-state index contributed by atoms with van der Waals surface area (Å²) in [5.74, 6) is 0.949. The molecular formula is C16H19N3. The second-order valence-electron chi connectivity index (χ2n) is 5.23. The molecule has 1 aromatic carbocycles. The fourth-order valence-electron chi connectivity index (χ4n) is 2.25. The van der Waals surface area contributed by atoms with E-state index in [0.29, 0.717) is 5.92 Å². The lowest BCUT2D eigenvalue weighted by molar-refractivity contribution is 0.776. The summed E-state index contributed by atoms with van der Waals surface area (Å²) in [6, 6.07) is 8.76. The van der Waals surface area contributed by atoms with Crippen LogP contribution in [0.25, 0.3) is 0 Å². The van der Waals surface area contributed by atoms with Crippen molar-refractivity contribution in [2.75, 3.05) is 0 Å². The highest BCUT2D eigenvalue weighted by molar-refractivity contribution is 5.41. The van der Waals surface area contributed by atoms with E-state index in [2.05, 4.69) is 43.1 Å². The molecule has 1 heterocycles. The van der Waals surface area contributed by atoms with E-state index in [1.54, 1.807) is 6.20 Å². The Balaban J connectivity index is 2.53. The maximum absolute atomic E-state index is 9.53. The van der Waals surface area contributed by atoms with E-state index in [9.17, 15) is 5.26 Å². The summed E-state index contributed by atoms with van der Waals surface area (Å²) >= 11 is 0. The van der Waals surface area contributed by atoms with Crippen molar-refractivity contribution in [2.45, 2.75) is 32.6 Å². The lowest BCUT2D eigenvalue weighted by Gasteiger charge is -2.15. The molecule has 0 bridgehead atoms. The van der Waals surface area contributed by atoms with Crippen LogP contribution in [0.1, 0.15) is 48.2 Å². The van der Waals surface area contributed by atoms with Crippen LogP contribution in [0.2, 0.25) is 0 Å². The zero-order valence-corrected chi connectivity index (χ0v) is 11.9. The van der Waals surface area contributed by atoms with Gasteiger partial charge in [-0.15, -0.1) is 0 Å². The first kappa shape index (κ1) is 13.4. The summed E-state index contributed by atoms with van der Waals surface area (Å²) in [6.45, 7) is 6.37. The number of nitrogens with zero attached hydrogens (tertiary/aromatic N) is 3. The van der Waals surface area contributed by atoms with Gasteiger partial charge in [0.05, 0.1) is 6.07 Å². The first-order chi connectivity index (χ1) is 9.04. The molecule has 0 amide bonds. The predicted octanol–water partition coefficient (Wildman–Crippen LogP) is 3.51. The van der Waals surface area contributed by atoms with Crippen molar-refractivity contribution in [3.05, 3.63) is 53.1 Å². The SMILES string of the molecule is Cc1ccc(C(C)C)cc1C(C#N)c1nccn1C. The number of imidazole rings is 1. The van der Waals surface area contributed by atoms with Crippen LogP contribution in [0.5, 0.6) is 0 Å². The summed E-state index contributed by atoms with van der Waals surface area (Å²) in [4.78, 5) is 4.32. The Bertz CT molecular complexity index is 617. The van der Waals surface area contributed by atoms with E-state index >= 15 is 0 Å². The number of aromatic nitrogens is 2. The third-order valence-corrected chi connectivity index (χ3v) is 3.53. The van der Waals surface area contributed by atoms with Gasteiger partial charge in [0.2, 0.25) is 0 Å². The first-order valence-corrected chi connectivity index (χ1v) is 6.52. The molecule has 0 fully saturated rings. The summed E-state index contributed by atoms with van der Waals surface area (Å²) in [5, 5.41) is 9.53. The summed E-state index contributed by atoms with van der Waals surface area (Å²) in [5.41, 5.74) is 3.46. The van der Waals surface area contributed by atoms with E-state index < -0.39 is 0 Å². The third kappa shape index (κ3) is 2.53. The highest BCUT2D eigenvalue weighted by Crippen LogP contribution is 2.28. The predicted molar refractivity (Wildman–Crippen MR) is 75.9 cm³/mol. The van der Waals surface area contributed by atoms with Crippen molar-refractivity contribution in [2.24, 2.45) is 7.05 Å². The van der Waals surface area contributed by atoms with Crippen molar-refractivity contribution in [1.82, 2.24) is 9.55 Å². The highest BCUT2D eigenvalue weighted by atomic mass is 15.0.